The number of nitriles is 1. The topological polar surface area (TPSA) is 132 Å². The Bertz CT molecular complexity index is 1230. The van der Waals surface area contributed by atoms with Crippen molar-refractivity contribution < 1.29 is 19.4 Å². The molecule has 2 aliphatic heterocycles. The lowest BCUT2D eigenvalue weighted by Gasteiger charge is -2.36. The fourth-order valence-corrected chi connectivity index (χ4v) is 5.96. The van der Waals surface area contributed by atoms with Gasteiger partial charge in [0.1, 0.15) is 11.8 Å². The predicted octanol–water partition coefficient (Wildman–Crippen LogP) is 3.32. The van der Waals surface area contributed by atoms with Crippen LogP contribution in [0.5, 0.6) is 5.75 Å². The molecule has 2 N–H and O–H groups in total. The molecule has 212 valence electrons. The highest BCUT2D eigenvalue weighted by Crippen LogP contribution is 2.28. The van der Waals surface area contributed by atoms with E-state index in [0.29, 0.717) is 61.2 Å². The number of ether oxygens (including phenoxy) is 1. The number of hydrogen-bond donors (Lipinski definition) is 2. The van der Waals surface area contributed by atoms with E-state index in [1.807, 2.05) is 17.0 Å². The monoisotopic (exact) mass is 566 g/mol. The zero-order chi connectivity index (χ0) is 28.1. The number of aromatic nitrogens is 2. The number of nitrogens with one attached hydrogen (secondary N) is 1. The summed E-state index contributed by atoms with van der Waals surface area (Å²) < 4.78 is 6.03. The van der Waals surface area contributed by atoms with Gasteiger partial charge >= 0.3 is 0 Å². The summed E-state index contributed by atoms with van der Waals surface area (Å²) in [7, 11) is 0. The molecular weight excluding hydrogens is 532 g/mol. The van der Waals surface area contributed by atoms with E-state index >= 15 is 0 Å². The second-order valence-corrected chi connectivity index (χ2v) is 11.3. The first-order valence-corrected chi connectivity index (χ1v) is 14.5. The van der Waals surface area contributed by atoms with Gasteiger partial charge in [-0.2, -0.15) is 5.26 Å². The van der Waals surface area contributed by atoms with Crippen LogP contribution < -0.4 is 15.0 Å². The lowest BCUT2D eigenvalue weighted by molar-refractivity contribution is -0.138. The van der Waals surface area contributed by atoms with Crippen molar-refractivity contribution in [3.63, 3.8) is 0 Å². The molecule has 3 heterocycles. The Kier molecular flexibility index (Phi) is 9.02. The Morgan fingerprint density at radius 3 is 2.33 bits per heavy atom. The summed E-state index contributed by atoms with van der Waals surface area (Å²) in [6.45, 7) is 2.71. The molecule has 40 heavy (non-hydrogen) atoms. The summed E-state index contributed by atoms with van der Waals surface area (Å²) in [5.74, 6) is 1.32. The third kappa shape index (κ3) is 6.83. The molecule has 2 amide bonds. The van der Waals surface area contributed by atoms with E-state index in [1.54, 1.807) is 24.3 Å². The zero-order valence-corrected chi connectivity index (χ0v) is 23.2. The molecule has 10 nitrogen and oxygen atoms in total. The summed E-state index contributed by atoms with van der Waals surface area (Å²) in [4.78, 5) is 29.7. The van der Waals surface area contributed by atoms with Crippen LogP contribution in [0.3, 0.4) is 0 Å². The second kappa shape index (κ2) is 12.8. The van der Waals surface area contributed by atoms with Crippen LogP contribution in [0.15, 0.2) is 30.3 Å². The van der Waals surface area contributed by atoms with Crippen molar-refractivity contribution in [1.82, 2.24) is 20.4 Å². The normalized spacial score (nSPS) is 22.4. The number of aliphatic hydroxyl groups is 1. The number of rotatable bonds is 6. The second-order valence-electron chi connectivity index (χ2n) is 10.9. The molecule has 3 fully saturated rings. The predicted molar refractivity (Wildman–Crippen MR) is 149 cm³/mol. The van der Waals surface area contributed by atoms with Crippen LogP contribution in [-0.2, 0) is 4.79 Å². The van der Waals surface area contributed by atoms with Gasteiger partial charge in [-0.1, -0.05) is 11.6 Å². The minimum atomic E-state index is -0.286. The van der Waals surface area contributed by atoms with Crippen molar-refractivity contribution in [2.24, 2.45) is 5.92 Å². The molecule has 0 atom stereocenters. The molecule has 5 rings (SSSR count). The molecule has 0 unspecified atom stereocenters. The van der Waals surface area contributed by atoms with Gasteiger partial charge in [0.05, 0.1) is 22.8 Å². The Morgan fingerprint density at radius 2 is 1.70 bits per heavy atom. The fourth-order valence-electron chi connectivity index (χ4n) is 5.75. The fraction of sp³-hybridized carbons (Fsp3) is 0.552. The molecule has 2 saturated heterocycles. The van der Waals surface area contributed by atoms with E-state index in [2.05, 4.69) is 20.4 Å². The van der Waals surface area contributed by atoms with E-state index in [-0.39, 0.29) is 41.7 Å². The number of amides is 2. The van der Waals surface area contributed by atoms with Crippen LogP contribution in [0.4, 0.5) is 5.82 Å². The van der Waals surface area contributed by atoms with E-state index in [0.717, 1.165) is 38.5 Å². The lowest BCUT2D eigenvalue weighted by atomic mass is 9.92. The van der Waals surface area contributed by atoms with Crippen molar-refractivity contribution in [2.75, 3.05) is 31.1 Å². The van der Waals surface area contributed by atoms with Crippen LogP contribution in [0.2, 0.25) is 5.02 Å². The van der Waals surface area contributed by atoms with E-state index in [1.165, 1.54) is 0 Å². The van der Waals surface area contributed by atoms with Gasteiger partial charge in [-0.25, -0.2) is 0 Å². The standard InChI is InChI=1S/C29H35ClN6O4/c30-25-17-24(4-1-20(25)18-31)40-23-5-2-21(3-6-23)32-28(38)26-7-8-27(34-33-26)35-13-9-19(10-14-35)29(39)36-15-11-22(37)12-16-36/h1,4,7-8,17,19,21-23,37H,2-3,5-6,9-16H2,(H,32,38). The Hall–Kier alpha value is -3.42. The summed E-state index contributed by atoms with van der Waals surface area (Å²) in [5.41, 5.74) is 0.704. The summed E-state index contributed by atoms with van der Waals surface area (Å²) >= 11 is 6.10. The van der Waals surface area contributed by atoms with Crippen LogP contribution in [0, 0.1) is 17.2 Å². The van der Waals surface area contributed by atoms with Gasteiger partial charge in [0.15, 0.2) is 11.5 Å². The number of aliphatic hydroxyl groups excluding tert-OH is 1. The molecule has 2 aromatic rings. The summed E-state index contributed by atoms with van der Waals surface area (Å²) in [6, 6.07) is 10.7. The average molecular weight is 567 g/mol. The largest absolute Gasteiger partial charge is 0.490 e. The van der Waals surface area contributed by atoms with Gasteiger partial charge in [0, 0.05) is 44.2 Å². The molecule has 0 radical (unpaired) electrons. The third-order valence-corrected chi connectivity index (χ3v) is 8.51. The van der Waals surface area contributed by atoms with Crippen molar-refractivity contribution >= 4 is 29.2 Å². The van der Waals surface area contributed by atoms with Gasteiger partial charge in [-0.15, -0.1) is 10.2 Å². The first-order valence-electron chi connectivity index (χ1n) is 14.1. The number of hydrogen-bond acceptors (Lipinski definition) is 8. The number of nitrogens with zero attached hydrogens (tertiary/aromatic N) is 5. The molecule has 11 heteroatoms. The number of piperidine rings is 2. The van der Waals surface area contributed by atoms with E-state index in [4.69, 9.17) is 21.6 Å². The van der Waals surface area contributed by atoms with Crippen LogP contribution in [0.1, 0.15) is 67.4 Å². The first kappa shape index (κ1) is 28.1. The highest BCUT2D eigenvalue weighted by atomic mass is 35.5. The molecule has 3 aliphatic rings. The van der Waals surface area contributed by atoms with Crippen molar-refractivity contribution in [1.29, 1.82) is 5.26 Å². The van der Waals surface area contributed by atoms with Crippen molar-refractivity contribution in [2.45, 2.75) is 69.6 Å². The molecule has 1 aromatic carbocycles. The third-order valence-electron chi connectivity index (χ3n) is 8.20. The maximum atomic E-state index is 12.9. The number of anilines is 1. The maximum Gasteiger partial charge on any atom is 0.272 e. The summed E-state index contributed by atoms with van der Waals surface area (Å²) in [6.07, 6.45) is 5.75. The average Bonchev–Trinajstić information content (AvgIpc) is 2.98. The Labute approximate surface area is 239 Å². The number of likely N-dealkylation sites (tertiary alicyclic amines) is 1. The molecule has 1 aromatic heterocycles. The van der Waals surface area contributed by atoms with Crippen LogP contribution in [-0.4, -0.2) is 76.4 Å². The minimum absolute atomic E-state index is 0.00639. The SMILES string of the molecule is N#Cc1ccc(OC2CCC(NC(=O)c3ccc(N4CCC(C(=O)N5CCC(O)CC5)CC4)nn3)CC2)cc1Cl. The van der Waals surface area contributed by atoms with Crippen LogP contribution >= 0.6 is 11.6 Å². The van der Waals surface area contributed by atoms with Gasteiger partial charge in [-0.3, -0.25) is 9.59 Å². The van der Waals surface area contributed by atoms with Gasteiger partial charge in [0.2, 0.25) is 5.91 Å². The smallest absolute Gasteiger partial charge is 0.272 e. The van der Waals surface area contributed by atoms with Gasteiger partial charge in [-0.05, 0) is 75.6 Å². The maximum absolute atomic E-state index is 12.9. The van der Waals surface area contributed by atoms with Crippen molar-refractivity contribution in [3.05, 3.63) is 46.6 Å². The number of halogens is 1. The van der Waals surface area contributed by atoms with E-state index < -0.39 is 0 Å². The Balaban J connectivity index is 1.05. The first-order chi connectivity index (χ1) is 19.4. The van der Waals surface area contributed by atoms with Gasteiger partial charge in [0.25, 0.3) is 5.91 Å². The minimum Gasteiger partial charge on any atom is -0.490 e. The number of carbonyl (C=O) groups excluding carboxylic acids is 2. The number of benzene rings is 1. The lowest BCUT2D eigenvalue weighted by Crippen LogP contribution is -2.46. The summed E-state index contributed by atoms with van der Waals surface area (Å²) in [5, 5.41) is 30.6. The Morgan fingerprint density at radius 1 is 0.975 bits per heavy atom. The molecule has 0 spiro atoms. The number of carbonyl (C=O) groups is 2. The quantitative estimate of drug-likeness (QED) is 0.544. The van der Waals surface area contributed by atoms with Crippen molar-refractivity contribution in [3.8, 4) is 11.8 Å². The molecule has 1 saturated carbocycles. The van der Waals surface area contributed by atoms with E-state index in [9.17, 15) is 14.7 Å². The molecule has 1 aliphatic carbocycles. The van der Waals surface area contributed by atoms with Crippen LogP contribution in [0.25, 0.3) is 0 Å². The molecule has 0 bridgehead atoms. The van der Waals surface area contributed by atoms with Gasteiger partial charge < -0.3 is 25.0 Å². The highest BCUT2D eigenvalue weighted by Gasteiger charge is 2.31. The zero-order valence-electron chi connectivity index (χ0n) is 22.5. The molecular formula is C29H35ClN6O4. The highest BCUT2D eigenvalue weighted by molar-refractivity contribution is 6.31.